The van der Waals surface area contributed by atoms with Crippen molar-refractivity contribution in [3.05, 3.63) is 30.1 Å². The van der Waals surface area contributed by atoms with Crippen LogP contribution in [0, 0.1) is 5.82 Å². The fraction of sp³-hybridized carbons (Fsp3) is 0.417. The van der Waals surface area contributed by atoms with Crippen molar-refractivity contribution in [2.45, 2.75) is 18.9 Å². The first-order valence-corrected chi connectivity index (χ1v) is 5.63. The van der Waals surface area contributed by atoms with E-state index in [1.54, 1.807) is 4.90 Å². The number of carbonyl (C=O) groups excluding carboxylic acids is 1. The molecule has 5 heteroatoms. The first kappa shape index (κ1) is 11.9. The maximum absolute atomic E-state index is 12.7. The quantitative estimate of drug-likeness (QED) is 0.810. The van der Waals surface area contributed by atoms with Gasteiger partial charge in [0, 0.05) is 19.1 Å². The Bertz CT molecular complexity index is 394. The van der Waals surface area contributed by atoms with Crippen LogP contribution in [0.5, 0.6) is 5.75 Å². The maximum atomic E-state index is 12.7. The molecule has 2 rings (SSSR count). The van der Waals surface area contributed by atoms with Gasteiger partial charge in [-0.3, -0.25) is 0 Å². The Morgan fingerprint density at radius 2 is 2.12 bits per heavy atom. The summed E-state index contributed by atoms with van der Waals surface area (Å²) in [5.74, 6) is -0.0136. The zero-order chi connectivity index (χ0) is 12.3. The molecule has 0 saturated carbocycles. The second-order valence-electron chi connectivity index (χ2n) is 4.17. The van der Waals surface area contributed by atoms with Crippen LogP contribution in [0.4, 0.5) is 9.18 Å². The Morgan fingerprint density at radius 1 is 1.41 bits per heavy atom. The van der Waals surface area contributed by atoms with Gasteiger partial charge in [-0.1, -0.05) is 0 Å². The van der Waals surface area contributed by atoms with Crippen LogP contribution in [-0.4, -0.2) is 30.1 Å². The Labute approximate surface area is 99.2 Å². The molecule has 4 nitrogen and oxygen atoms in total. The molecule has 92 valence electrons. The number of halogens is 1. The zero-order valence-corrected chi connectivity index (χ0v) is 9.43. The smallest absolute Gasteiger partial charge is 0.410 e. The highest BCUT2D eigenvalue weighted by Crippen LogP contribution is 2.14. The van der Waals surface area contributed by atoms with Crippen molar-refractivity contribution in [3.63, 3.8) is 0 Å². The van der Waals surface area contributed by atoms with Crippen LogP contribution >= 0.6 is 0 Å². The number of nitrogens with two attached hydrogens (primary N) is 1. The van der Waals surface area contributed by atoms with Gasteiger partial charge in [0.15, 0.2) is 0 Å². The van der Waals surface area contributed by atoms with Gasteiger partial charge in [-0.15, -0.1) is 0 Å². The summed E-state index contributed by atoms with van der Waals surface area (Å²) in [6.45, 7) is 1.17. The molecule has 1 heterocycles. The molecule has 1 atom stereocenters. The van der Waals surface area contributed by atoms with Gasteiger partial charge in [0.05, 0.1) is 0 Å². The molecule has 1 saturated heterocycles. The third-order valence-electron chi connectivity index (χ3n) is 2.73. The molecule has 2 N–H and O–H groups in total. The third-order valence-corrected chi connectivity index (χ3v) is 2.73. The number of benzene rings is 1. The van der Waals surface area contributed by atoms with E-state index < -0.39 is 6.09 Å². The lowest BCUT2D eigenvalue weighted by molar-refractivity contribution is 0.137. The highest BCUT2D eigenvalue weighted by molar-refractivity contribution is 5.70. The van der Waals surface area contributed by atoms with E-state index in [2.05, 4.69) is 0 Å². The average molecular weight is 238 g/mol. The molecule has 1 fully saturated rings. The largest absolute Gasteiger partial charge is 0.415 e. The number of rotatable bonds is 1. The van der Waals surface area contributed by atoms with Gasteiger partial charge in [0.1, 0.15) is 11.6 Å². The zero-order valence-electron chi connectivity index (χ0n) is 9.43. The van der Waals surface area contributed by atoms with E-state index in [4.69, 9.17) is 10.5 Å². The van der Waals surface area contributed by atoms with Gasteiger partial charge in [0.25, 0.3) is 0 Å². The number of carbonyl (C=O) groups is 1. The summed E-state index contributed by atoms with van der Waals surface area (Å²) in [6.07, 6.45) is 1.40. The van der Waals surface area contributed by atoms with E-state index in [1.807, 2.05) is 0 Å². The summed E-state index contributed by atoms with van der Waals surface area (Å²) in [7, 11) is 0. The molecule has 1 aliphatic rings. The van der Waals surface area contributed by atoms with Crippen molar-refractivity contribution >= 4 is 6.09 Å². The molecule has 0 aromatic heterocycles. The molecule has 17 heavy (non-hydrogen) atoms. The minimum absolute atomic E-state index is 0.0181. The van der Waals surface area contributed by atoms with Crippen molar-refractivity contribution in [1.29, 1.82) is 0 Å². The van der Waals surface area contributed by atoms with Crippen LogP contribution in [0.1, 0.15) is 12.8 Å². The summed E-state index contributed by atoms with van der Waals surface area (Å²) < 4.78 is 17.8. The molecule has 1 aliphatic heterocycles. The normalized spacial score (nSPS) is 20.1. The lowest BCUT2D eigenvalue weighted by Crippen LogP contribution is -2.46. The van der Waals surface area contributed by atoms with Gasteiger partial charge in [-0.25, -0.2) is 9.18 Å². The minimum atomic E-state index is -0.424. The first-order valence-electron chi connectivity index (χ1n) is 5.63. The van der Waals surface area contributed by atoms with Crippen molar-refractivity contribution < 1.29 is 13.9 Å². The first-order chi connectivity index (χ1) is 8.15. The second-order valence-corrected chi connectivity index (χ2v) is 4.17. The lowest BCUT2D eigenvalue weighted by Gasteiger charge is -2.29. The molecule has 1 unspecified atom stereocenters. The van der Waals surface area contributed by atoms with E-state index >= 15 is 0 Å². The number of hydrogen-bond acceptors (Lipinski definition) is 3. The maximum Gasteiger partial charge on any atom is 0.415 e. The summed E-state index contributed by atoms with van der Waals surface area (Å²) in [4.78, 5) is 13.3. The van der Waals surface area contributed by atoms with E-state index in [0.29, 0.717) is 18.8 Å². The van der Waals surface area contributed by atoms with E-state index in [-0.39, 0.29) is 11.9 Å². The monoisotopic (exact) mass is 238 g/mol. The van der Waals surface area contributed by atoms with Gasteiger partial charge in [0.2, 0.25) is 0 Å². The minimum Gasteiger partial charge on any atom is -0.410 e. The second kappa shape index (κ2) is 5.14. The van der Waals surface area contributed by atoms with Gasteiger partial charge < -0.3 is 15.4 Å². The third kappa shape index (κ3) is 3.17. The van der Waals surface area contributed by atoms with Gasteiger partial charge >= 0.3 is 6.09 Å². The molecule has 1 amide bonds. The van der Waals surface area contributed by atoms with E-state index in [9.17, 15) is 9.18 Å². The average Bonchev–Trinajstić information content (AvgIpc) is 2.32. The van der Waals surface area contributed by atoms with Gasteiger partial charge in [-0.2, -0.15) is 0 Å². The standard InChI is InChI=1S/C12H15FN2O2/c13-9-3-5-11(6-4-9)17-12(16)15-7-1-2-10(14)8-15/h3-6,10H,1-2,7-8,14H2. The van der Waals surface area contributed by atoms with E-state index in [1.165, 1.54) is 24.3 Å². The number of hydrogen-bond donors (Lipinski definition) is 1. The summed E-state index contributed by atoms with van der Waals surface area (Å²) in [6, 6.07) is 5.38. The topological polar surface area (TPSA) is 55.6 Å². The lowest BCUT2D eigenvalue weighted by atomic mass is 10.1. The SMILES string of the molecule is NC1CCCN(C(=O)Oc2ccc(F)cc2)C1. The van der Waals surface area contributed by atoms with Crippen LogP contribution in [0.3, 0.4) is 0 Å². The number of ether oxygens (including phenoxy) is 1. The molecule has 0 bridgehead atoms. The molecule has 1 aromatic carbocycles. The van der Waals surface area contributed by atoms with Crippen LogP contribution in [0.2, 0.25) is 0 Å². The molecule has 0 radical (unpaired) electrons. The molecular formula is C12H15FN2O2. The number of piperidine rings is 1. The van der Waals surface area contributed by atoms with Crippen LogP contribution in [-0.2, 0) is 0 Å². The van der Waals surface area contributed by atoms with Crippen LogP contribution in [0.15, 0.2) is 24.3 Å². The van der Waals surface area contributed by atoms with Crippen molar-refractivity contribution in [2.75, 3.05) is 13.1 Å². The molecule has 1 aromatic rings. The summed E-state index contributed by atoms with van der Waals surface area (Å²) >= 11 is 0. The predicted octanol–water partition coefficient (Wildman–Crippen LogP) is 1.75. The van der Waals surface area contributed by atoms with E-state index in [0.717, 1.165) is 12.8 Å². The molecule has 0 spiro atoms. The Kier molecular flexibility index (Phi) is 3.58. The number of amides is 1. The van der Waals surface area contributed by atoms with Gasteiger partial charge in [-0.05, 0) is 37.1 Å². The summed E-state index contributed by atoms with van der Waals surface area (Å²) in [5, 5.41) is 0. The Morgan fingerprint density at radius 3 is 2.76 bits per heavy atom. The Hall–Kier alpha value is -1.62. The highest BCUT2D eigenvalue weighted by Gasteiger charge is 2.22. The molecule has 0 aliphatic carbocycles. The van der Waals surface area contributed by atoms with Crippen molar-refractivity contribution in [2.24, 2.45) is 5.73 Å². The fourth-order valence-electron chi connectivity index (χ4n) is 1.84. The Balaban J connectivity index is 1.94. The van der Waals surface area contributed by atoms with Crippen LogP contribution in [0.25, 0.3) is 0 Å². The highest BCUT2D eigenvalue weighted by atomic mass is 19.1. The fourth-order valence-corrected chi connectivity index (χ4v) is 1.84. The number of likely N-dealkylation sites (tertiary alicyclic amines) is 1. The van der Waals surface area contributed by atoms with Crippen LogP contribution < -0.4 is 10.5 Å². The molecular weight excluding hydrogens is 223 g/mol. The van der Waals surface area contributed by atoms with Crippen molar-refractivity contribution in [1.82, 2.24) is 4.90 Å². The predicted molar refractivity (Wildman–Crippen MR) is 61.2 cm³/mol. The number of nitrogens with zero attached hydrogens (tertiary/aromatic N) is 1. The van der Waals surface area contributed by atoms with Crippen molar-refractivity contribution in [3.8, 4) is 5.75 Å². The summed E-state index contributed by atoms with van der Waals surface area (Å²) in [5.41, 5.74) is 5.78.